The van der Waals surface area contributed by atoms with Gasteiger partial charge in [-0.2, -0.15) is 0 Å². The van der Waals surface area contributed by atoms with E-state index in [4.69, 9.17) is 4.74 Å². The highest BCUT2D eigenvalue weighted by Crippen LogP contribution is 2.25. The van der Waals surface area contributed by atoms with Crippen LogP contribution in [0.3, 0.4) is 0 Å². The van der Waals surface area contributed by atoms with E-state index in [1.54, 1.807) is 50.5 Å². The van der Waals surface area contributed by atoms with E-state index in [-0.39, 0.29) is 11.8 Å². The third-order valence-corrected chi connectivity index (χ3v) is 3.95. The largest absolute Gasteiger partial charge is 0.493 e. The minimum atomic E-state index is -0.327. The summed E-state index contributed by atoms with van der Waals surface area (Å²) in [4.78, 5) is 26.5. The van der Waals surface area contributed by atoms with Crippen LogP contribution >= 0.6 is 15.9 Å². The number of hydrogen-bond donors (Lipinski definition) is 1. The lowest BCUT2D eigenvalue weighted by Crippen LogP contribution is -2.24. The average molecular weight is 405 g/mol. The van der Waals surface area contributed by atoms with Gasteiger partial charge in [-0.25, -0.2) is 0 Å². The molecule has 0 fully saturated rings. The molecule has 0 atom stereocenters. The van der Waals surface area contributed by atoms with Gasteiger partial charge in [0.25, 0.3) is 11.8 Å². The molecule has 132 valence electrons. The summed E-state index contributed by atoms with van der Waals surface area (Å²) in [5.74, 6) is 0.0120. The van der Waals surface area contributed by atoms with Crippen LogP contribution in [0.4, 0.5) is 5.69 Å². The van der Waals surface area contributed by atoms with Gasteiger partial charge in [0.15, 0.2) is 0 Å². The standard InChI is InChI=1S/C19H21BrN2O3/c1-4-11-25-17-10-9-13(20)12-15(17)18(23)21-16-8-6-5-7-14(16)19(24)22(2)3/h5-10,12H,4,11H2,1-3H3,(H,21,23). The first-order valence-corrected chi connectivity index (χ1v) is 8.77. The van der Waals surface area contributed by atoms with Crippen molar-refractivity contribution in [3.8, 4) is 5.75 Å². The van der Waals surface area contributed by atoms with Crippen molar-refractivity contribution in [3.05, 3.63) is 58.1 Å². The van der Waals surface area contributed by atoms with Crippen molar-refractivity contribution in [2.45, 2.75) is 13.3 Å². The van der Waals surface area contributed by atoms with Crippen molar-refractivity contribution in [3.63, 3.8) is 0 Å². The normalized spacial score (nSPS) is 10.2. The molecule has 2 rings (SSSR count). The summed E-state index contributed by atoms with van der Waals surface area (Å²) in [5, 5.41) is 2.82. The van der Waals surface area contributed by atoms with Gasteiger partial charge < -0.3 is 15.0 Å². The fourth-order valence-electron chi connectivity index (χ4n) is 2.23. The molecule has 0 aromatic heterocycles. The predicted molar refractivity (Wildman–Crippen MR) is 102 cm³/mol. The SMILES string of the molecule is CCCOc1ccc(Br)cc1C(=O)Nc1ccccc1C(=O)N(C)C. The second kappa shape index (κ2) is 8.67. The van der Waals surface area contributed by atoms with Gasteiger partial charge in [0.1, 0.15) is 5.75 Å². The third kappa shape index (κ3) is 4.82. The van der Waals surface area contributed by atoms with Gasteiger partial charge >= 0.3 is 0 Å². The Morgan fingerprint density at radius 2 is 1.84 bits per heavy atom. The Kier molecular flexibility index (Phi) is 6.58. The number of nitrogens with zero attached hydrogens (tertiary/aromatic N) is 1. The number of ether oxygens (including phenoxy) is 1. The van der Waals surface area contributed by atoms with Gasteiger partial charge in [-0.3, -0.25) is 9.59 Å². The first-order chi connectivity index (χ1) is 11.9. The third-order valence-electron chi connectivity index (χ3n) is 3.46. The molecule has 0 aliphatic heterocycles. The lowest BCUT2D eigenvalue weighted by atomic mass is 10.1. The smallest absolute Gasteiger partial charge is 0.259 e. The Balaban J connectivity index is 2.32. The highest BCUT2D eigenvalue weighted by atomic mass is 79.9. The van der Waals surface area contributed by atoms with Crippen LogP contribution in [0.2, 0.25) is 0 Å². The van der Waals surface area contributed by atoms with Gasteiger partial charge in [-0.1, -0.05) is 35.0 Å². The van der Waals surface area contributed by atoms with Crippen LogP contribution in [0, 0.1) is 0 Å². The number of nitrogens with one attached hydrogen (secondary N) is 1. The van der Waals surface area contributed by atoms with Gasteiger partial charge in [-0.05, 0) is 36.8 Å². The Hall–Kier alpha value is -2.34. The van der Waals surface area contributed by atoms with E-state index < -0.39 is 0 Å². The Morgan fingerprint density at radius 3 is 2.52 bits per heavy atom. The van der Waals surface area contributed by atoms with Crippen LogP contribution in [-0.2, 0) is 0 Å². The summed E-state index contributed by atoms with van der Waals surface area (Å²) < 4.78 is 6.44. The van der Waals surface area contributed by atoms with Crippen LogP contribution in [0.25, 0.3) is 0 Å². The van der Waals surface area contributed by atoms with Crippen LogP contribution in [0.1, 0.15) is 34.1 Å². The van der Waals surface area contributed by atoms with Gasteiger partial charge in [0.2, 0.25) is 0 Å². The quantitative estimate of drug-likeness (QED) is 0.784. The highest BCUT2D eigenvalue weighted by Gasteiger charge is 2.18. The maximum absolute atomic E-state index is 12.8. The summed E-state index contributed by atoms with van der Waals surface area (Å²) in [6, 6.07) is 12.2. The number of amides is 2. The first kappa shape index (κ1) is 19.0. The van der Waals surface area contributed by atoms with Crippen molar-refractivity contribution in [2.75, 3.05) is 26.0 Å². The molecule has 25 heavy (non-hydrogen) atoms. The number of hydrogen-bond acceptors (Lipinski definition) is 3. The number of halogens is 1. The molecule has 6 heteroatoms. The maximum atomic E-state index is 12.8. The molecule has 0 bridgehead atoms. The van der Waals surface area contributed by atoms with E-state index in [9.17, 15) is 9.59 Å². The molecule has 0 aliphatic rings. The van der Waals surface area contributed by atoms with Gasteiger partial charge in [-0.15, -0.1) is 0 Å². The highest BCUT2D eigenvalue weighted by molar-refractivity contribution is 9.10. The molecular formula is C19H21BrN2O3. The summed E-state index contributed by atoms with van der Waals surface area (Å²) in [6.45, 7) is 2.53. The molecule has 1 N–H and O–H groups in total. The Bertz CT molecular complexity index is 775. The number of carbonyl (C=O) groups excluding carboxylic acids is 2. The van der Waals surface area contributed by atoms with Crippen LogP contribution in [-0.4, -0.2) is 37.4 Å². The molecule has 0 spiro atoms. The summed E-state index contributed by atoms with van der Waals surface area (Å²) in [6.07, 6.45) is 0.845. The number of carbonyl (C=O) groups is 2. The van der Waals surface area contributed by atoms with E-state index in [0.29, 0.717) is 29.2 Å². The molecule has 0 saturated heterocycles. The van der Waals surface area contributed by atoms with E-state index in [1.807, 2.05) is 13.0 Å². The zero-order valence-electron chi connectivity index (χ0n) is 14.5. The average Bonchev–Trinajstić information content (AvgIpc) is 2.60. The van der Waals surface area contributed by atoms with E-state index in [0.717, 1.165) is 10.9 Å². The Labute approximate surface area is 156 Å². The van der Waals surface area contributed by atoms with Crippen molar-refractivity contribution in [1.29, 1.82) is 0 Å². The Morgan fingerprint density at radius 1 is 1.12 bits per heavy atom. The van der Waals surface area contributed by atoms with Crippen molar-refractivity contribution in [2.24, 2.45) is 0 Å². The zero-order chi connectivity index (χ0) is 18.4. The second-order valence-electron chi connectivity index (χ2n) is 5.69. The molecule has 0 saturated carbocycles. The number of para-hydroxylation sites is 1. The van der Waals surface area contributed by atoms with Gasteiger partial charge in [0.05, 0.1) is 23.4 Å². The lowest BCUT2D eigenvalue weighted by molar-refractivity contribution is 0.0828. The monoisotopic (exact) mass is 404 g/mol. The minimum absolute atomic E-state index is 0.174. The molecule has 0 heterocycles. The summed E-state index contributed by atoms with van der Waals surface area (Å²) in [7, 11) is 3.35. The predicted octanol–water partition coefficient (Wildman–Crippen LogP) is 4.19. The molecule has 0 aliphatic carbocycles. The minimum Gasteiger partial charge on any atom is -0.493 e. The molecule has 5 nitrogen and oxygen atoms in total. The lowest BCUT2D eigenvalue weighted by Gasteiger charge is -2.16. The fraction of sp³-hybridized carbons (Fsp3) is 0.263. The molecule has 2 aromatic carbocycles. The number of benzene rings is 2. The van der Waals surface area contributed by atoms with E-state index >= 15 is 0 Å². The molecule has 0 radical (unpaired) electrons. The molecule has 0 unspecified atom stereocenters. The van der Waals surface area contributed by atoms with Crippen LogP contribution in [0.15, 0.2) is 46.9 Å². The fourth-order valence-corrected chi connectivity index (χ4v) is 2.59. The second-order valence-corrected chi connectivity index (χ2v) is 6.60. The van der Waals surface area contributed by atoms with Crippen molar-refractivity contribution >= 4 is 33.4 Å². The zero-order valence-corrected chi connectivity index (χ0v) is 16.1. The van der Waals surface area contributed by atoms with Crippen LogP contribution < -0.4 is 10.1 Å². The van der Waals surface area contributed by atoms with Gasteiger partial charge in [0, 0.05) is 18.6 Å². The van der Waals surface area contributed by atoms with Crippen LogP contribution in [0.5, 0.6) is 5.75 Å². The molecule has 2 aromatic rings. The van der Waals surface area contributed by atoms with Crippen molar-refractivity contribution in [1.82, 2.24) is 4.90 Å². The number of rotatable bonds is 6. The molecular weight excluding hydrogens is 384 g/mol. The van der Waals surface area contributed by atoms with E-state index in [2.05, 4.69) is 21.2 Å². The first-order valence-electron chi connectivity index (χ1n) is 7.98. The van der Waals surface area contributed by atoms with Crippen molar-refractivity contribution < 1.29 is 14.3 Å². The summed E-state index contributed by atoms with van der Waals surface area (Å²) >= 11 is 3.38. The number of anilines is 1. The molecule has 2 amide bonds. The topological polar surface area (TPSA) is 58.6 Å². The maximum Gasteiger partial charge on any atom is 0.259 e. The summed E-state index contributed by atoms with van der Waals surface area (Å²) in [5.41, 5.74) is 1.31. The van der Waals surface area contributed by atoms with E-state index in [1.165, 1.54) is 4.90 Å².